The maximum atomic E-state index is 12.3. The molecule has 0 bridgehead atoms. The molecule has 1 amide bonds. The molecular weight excluding hydrogens is 268 g/mol. The van der Waals surface area contributed by atoms with Crippen molar-refractivity contribution in [3.63, 3.8) is 0 Å². The second kappa shape index (κ2) is 6.05. The molecule has 1 fully saturated rings. The van der Waals surface area contributed by atoms with E-state index >= 15 is 0 Å². The summed E-state index contributed by atoms with van der Waals surface area (Å²) in [5.74, 6) is -0.176. The molecule has 2 aromatic rings. The van der Waals surface area contributed by atoms with Crippen LogP contribution >= 0.6 is 0 Å². The van der Waals surface area contributed by atoms with Crippen molar-refractivity contribution in [2.45, 2.75) is 37.8 Å². The Morgan fingerprint density at radius 3 is 2.81 bits per heavy atom. The van der Waals surface area contributed by atoms with Gasteiger partial charge in [-0.15, -0.1) is 0 Å². The second-order valence-corrected chi connectivity index (χ2v) is 5.33. The SMILES string of the molecule is O=C(NC1CCC(O)CC1)c1cc(-n2cccn2)ccn1. The Morgan fingerprint density at radius 2 is 2.10 bits per heavy atom. The van der Waals surface area contributed by atoms with Gasteiger partial charge in [-0.05, 0) is 43.9 Å². The number of nitrogens with zero attached hydrogens (tertiary/aromatic N) is 3. The molecule has 3 rings (SSSR count). The summed E-state index contributed by atoms with van der Waals surface area (Å²) >= 11 is 0. The van der Waals surface area contributed by atoms with Crippen molar-refractivity contribution < 1.29 is 9.90 Å². The lowest BCUT2D eigenvalue weighted by atomic mass is 9.93. The molecule has 110 valence electrons. The highest BCUT2D eigenvalue weighted by Gasteiger charge is 2.21. The van der Waals surface area contributed by atoms with Gasteiger partial charge in [0.2, 0.25) is 0 Å². The van der Waals surface area contributed by atoms with E-state index in [4.69, 9.17) is 0 Å². The molecule has 21 heavy (non-hydrogen) atoms. The minimum absolute atomic E-state index is 0.121. The van der Waals surface area contributed by atoms with Gasteiger partial charge in [0.05, 0.1) is 11.8 Å². The zero-order chi connectivity index (χ0) is 14.7. The van der Waals surface area contributed by atoms with Gasteiger partial charge in [-0.25, -0.2) is 4.68 Å². The van der Waals surface area contributed by atoms with Crippen LogP contribution in [0.3, 0.4) is 0 Å². The van der Waals surface area contributed by atoms with Crippen LogP contribution in [0.4, 0.5) is 0 Å². The molecule has 2 heterocycles. The molecule has 0 aliphatic heterocycles. The summed E-state index contributed by atoms with van der Waals surface area (Å²) < 4.78 is 1.69. The highest BCUT2D eigenvalue weighted by molar-refractivity contribution is 5.92. The number of rotatable bonds is 3. The van der Waals surface area contributed by atoms with Crippen LogP contribution in [0.5, 0.6) is 0 Å². The average molecular weight is 286 g/mol. The number of aliphatic hydroxyl groups excluding tert-OH is 1. The van der Waals surface area contributed by atoms with E-state index in [0.29, 0.717) is 5.69 Å². The number of amides is 1. The standard InChI is InChI=1S/C15H18N4O2/c20-13-4-2-11(3-5-13)18-15(21)14-10-12(6-8-16-14)19-9-1-7-17-19/h1,6-11,13,20H,2-5H2,(H,18,21). The molecule has 2 N–H and O–H groups in total. The molecule has 2 aromatic heterocycles. The van der Waals surface area contributed by atoms with Crippen molar-refractivity contribution >= 4 is 5.91 Å². The molecular formula is C15H18N4O2. The molecule has 0 atom stereocenters. The van der Waals surface area contributed by atoms with Gasteiger partial charge < -0.3 is 10.4 Å². The van der Waals surface area contributed by atoms with E-state index in [1.54, 1.807) is 29.2 Å². The largest absolute Gasteiger partial charge is 0.393 e. The number of hydrogen-bond donors (Lipinski definition) is 2. The summed E-state index contributed by atoms with van der Waals surface area (Å²) in [5, 5.41) is 16.6. The average Bonchev–Trinajstić information content (AvgIpc) is 3.04. The van der Waals surface area contributed by atoms with Gasteiger partial charge in [0.25, 0.3) is 5.91 Å². The van der Waals surface area contributed by atoms with Crippen LogP contribution in [0.2, 0.25) is 0 Å². The summed E-state index contributed by atoms with van der Waals surface area (Å²) in [5.41, 5.74) is 1.19. The summed E-state index contributed by atoms with van der Waals surface area (Å²) in [6.07, 6.45) is 8.00. The van der Waals surface area contributed by atoms with Gasteiger partial charge in [0.1, 0.15) is 5.69 Å². The van der Waals surface area contributed by atoms with E-state index in [9.17, 15) is 9.90 Å². The molecule has 6 nitrogen and oxygen atoms in total. The fourth-order valence-corrected chi connectivity index (χ4v) is 2.59. The third-order valence-electron chi connectivity index (χ3n) is 3.78. The molecule has 0 aromatic carbocycles. The van der Waals surface area contributed by atoms with Crippen molar-refractivity contribution in [1.82, 2.24) is 20.1 Å². The summed E-state index contributed by atoms with van der Waals surface area (Å²) in [6, 6.07) is 5.48. The quantitative estimate of drug-likeness (QED) is 0.891. The first-order valence-electron chi connectivity index (χ1n) is 7.17. The van der Waals surface area contributed by atoms with Crippen molar-refractivity contribution in [3.05, 3.63) is 42.5 Å². The Balaban J connectivity index is 1.69. The van der Waals surface area contributed by atoms with E-state index in [-0.39, 0.29) is 18.1 Å². The first-order valence-corrected chi connectivity index (χ1v) is 7.17. The van der Waals surface area contributed by atoms with Gasteiger partial charge in [0, 0.05) is 24.6 Å². The molecule has 0 saturated heterocycles. The summed E-state index contributed by atoms with van der Waals surface area (Å²) in [7, 11) is 0. The Labute approximate surface area is 122 Å². The Hall–Kier alpha value is -2.21. The van der Waals surface area contributed by atoms with E-state index in [1.165, 1.54) is 0 Å². The lowest BCUT2D eigenvalue weighted by Crippen LogP contribution is -2.38. The number of carbonyl (C=O) groups excluding carboxylic acids is 1. The van der Waals surface area contributed by atoms with Gasteiger partial charge in [-0.2, -0.15) is 5.10 Å². The fraction of sp³-hybridized carbons (Fsp3) is 0.400. The van der Waals surface area contributed by atoms with Crippen molar-refractivity contribution in [1.29, 1.82) is 0 Å². The second-order valence-electron chi connectivity index (χ2n) is 5.33. The number of aliphatic hydroxyl groups is 1. The number of aromatic nitrogens is 3. The van der Waals surface area contributed by atoms with Gasteiger partial charge >= 0.3 is 0 Å². The van der Waals surface area contributed by atoms with Crippen molar-refractivity contribution in [2.24, 2.45) is 0 Å². The minimum atomic E-state index is -0.223. The zero-order valence-corrected chi connectivity index (χ0v) is 11.6. The monoisotopic (exact) mass is 286 g/mol. The van der Waals surface area contributed by atoms with E-state index < -0.39 is 0 Å². The van der Waals surface area contributed by atoms with Gasteiger partial charge in [-0.1, -0.05) is 0 Å². The van der Waals surface area contributed by atoms with Crippen LogP contribution in [0.1, 0.15) is 36.2 Å². The number of carbonyl (C=O) groups is 1. The normalized spacial score (nSPS) is 22.0. The van der Waals surface area contributed by atoms with E-state index in [2.05, 4.69) is 15.4 Å². The maximum Gasteiger partial charge on any atom is 0.270 e. The fourth-order valence-electron chi connectivity index (χ4n) is 2.59. The third-order valence-corrected chi connectivity index (χ3v) is 3.78. The first-order chi connectivity index (χ1) is 10.2. The maximum absolute atomic E-state index is 12.3. The van der Waals surface area contributed by atoms with Crippen LogP contribution < -0.4 is 5.32 Å². The van der Waals surface area contributed by atoms with Crippen molar-refractivity contribution in [3.8, 4) is 5.69 Å². The molecule has 0 unspecified atom stereocenters. The van der Waals surface area contributed by atoms with Gasteiger partial charge in [0.15, 0.2) is 0 Å². The molecule has 1 saturated carbocycles. The zero-order valence-electron chi connectivity index (χ0n) is 11.6. The van der Waals surface area contributed by atoms with E-state index in [1.807, 2.05) is 12.3 Å². The molecule has 6 heteroatoms. The topological polar surface area (TPSA) is 80.0 Å². The molecule has 1 aliphatic rings. The Kier molecular flexibility index (Phi) is 3.96. The predicted octanol–water partition coefficient (Wildman–Crippen LogP) is 1.30. The molecule has 1 aliphatic carbocycles. The molecule has 0 radical (unpaired) electrons. The summed E-state index contributed by atoms with van der Waals surface area (Å²) in [4.78, 5) is 16.4. The predicted molar refractivity (Wildman–Crippen MR) is 77.1 cm³/mol. The van der Waals surface area contributed by atoms with Crippen LogP contribution in [-0.4, -0.2) is 37.9 Å². The van der Waals surface area contributed by atoms with Crippen LogP contribution in [0.15, 0.2) is 36.8 Å². The number of nitrogens with one attached hydrogen (secondary N) is 1. The molecule has 0 spiro atoms. The lowest BCUT2D eigenvalue weighted by molar-refractivity contribution is 0.0863. The third kappa shape index (κ3) is 3.28. The lowest BCUT2D eigenvalue weighted by Gasteiger charge is -2.26. The number of hydrogen-bond acceptors (Lipinski definition) is 4. The van der Waals surface area contributed by atoms with Crippen molar-refractivity contribution in [2.75, 3.05) is 0 Å². The summed E-state index contributed by atoms with van der Waals surface area (Å²) in [6.45, 7) is 0. The smallest absolute Gasteiger partial charge is 0.270 e. The Bertz CT molecular complexity index is 604. The van der Waals surface area contributed by atoms with E-state index in [0.717, 1.165) is 31.4 Å². The highest BCUT2D eigenvalue weighted by Crippen LogP contribution is 2.18. The minimum Gasteiger partial charge on any atom is -0.393 e. The van der Waals surface area contributed by atoms with Gasteiger partial charge in [-0.3, -0.25) is 9.78 Å². The number of pyridine rings is 1. The van der Waals surface area contributed by atoms with Crippen LogP contribution in [0, 0.1) is 0 Å². The van der Waals surface area contributed by atoms with Crippen LogP contribution in [-0.2, 0) is 0 Å². The van der Waals surface area contributed by atoms with Crippen LogP contribution in [0.25, 0.3) is 5.69 Å². The Morgan fingerprint density at radius 1 is 1.29 bits per heavy atom. The highest BCUT2D eigenvalue weighted by atomic mass is 16.3. The first kappa shape index (κ1) is 13.8.